The molecule has 1 aliphatic rings. The zero-order chi connectivity index (χ0) is 21.6. The van der Waals surface area contributed by atoms with Crippen LogP contribution in [0.25, 0.3) is 0 Å². The number of amides is 2. The molecule has 0 aromatic carbocycles. The first-order valence-corrected chi connectivity index (χ1v) is 8.21. The van der Waals surface area contributed by atoms with Crippen LogP contribution in [0.4, 0.5) is 0 Å². The van der Waals surface area contributed by atoms with E-state index >= 15 is 0 Å². The lowest BCUT2D eigenvalue weighted by Crippen LogP contribution is -2.70. The highest BCUT2D eigenvalue weighted by molar-refractivity contribution is 5.78. The highest BCUT2D eigenvalue weighted by Crippen LogP contribution is 2.30. The fourth-order valence-electron chi connectivity index (χ4n) is 2.76. The second kappa shape index (κ2) is 9.75. The van der Waals surface area contributed by atoms with E-state index in [0.29, 0.717) is 0 Å². The predicted molar refractivity (Wildman–Crippen MR) is 87.3 cm³/mol. The van der Waals surface area contributed by atoms with Crippen LogP contribution >= 0.6 is 0 Å². The quantitative estimate of drug-likeness (QED) is 0.191. The van der Waals surface area contributed by atoms with Crippen molar-refractivity contribution < 1.29 is 54.2 Å². The van der Waals surface area contributed by atoms with Crippen molar-refractivity contribution in [3.63, 3.8) is 0 Å². The van der Waals surface area contributed by atoms with E-state index in [1.54, 1.807) is 0 Å². The summed E-state index contributed by atoms with van der Waals surface area (Å²) in [5, 5.41) is 53.3. The van der Waals surface area contributed by atoms with Gasteiger partial charge < -0.3 is 45.6 Å². The largest absolute Gasteiger partial charge is 0.477 e. The van der Waals surface area contributed by atoms with E-state index < -0.39 is 79.6 Å². The summed E-state index contributed by atoms with van der Waals surface area (Å²) >= 11 is 0. The first-order chi connectivity index (χ1) is 12.9. The number of hydrogen-bond acceptors (Lipinski definition) is 10. The number of nitrogens with one attached hydrogen (secondary N) is 2. The maximum Gasteiger partial charge on any atom is 0.364 e. The molecule has 1 rings (SSSR count). The molecule has 0 spiro atoms. The Hall–Kier alpha value is -2.32. The molecule has 0 bridgehead atoms. The molecule has 28 heavy (non-hydrogen) atoms. The van der Waals surface area contributed by atoms with Gasteiger partial charge in [0.05, 0.1) is 18.2 Å². The van der Waals surface area contributed by atoms with Crippen molar-refractivity contribution >= 4 is 23.8 Å². The lowest BCUT2D eigenvalue weighted by molar-refractivity contribution is -0.284. The number of carboxylic acids is 1. The number of esters is 1. The molecule has 13 heteroatoms. The molecular weight excluding hydrogens is 384 g/mol. The summed E-state index contributed by atoms with van der Waals surface area (Å²) in [6.45, 7) is 0.520. The van der Waals surface area contributed by atoms with Crippen LogP contribution in [0.2, 0.25) is 0 Å². The molecule has 1 fully saturated rings. The van der Waals surface area contributed by atoms with Crippen LogP contribution in [-0.4, -0.2) is 98.7 Å². The number of ether oxygens (including phenoxy) is 2. The van der Waals surface area contributed by atoms with E-state index in [-0.39, 0.29) is 0 Å². The maximum atomic E-state index is 11.6. The monoisotopic (exact) mass is 408 g/mol. The summed E-state index contributed by atoms with van der Waals surface area (Å²) in [6, 6.07) is -2.94. The average molecular weight is 408 g/mol. The number of aliphatic hydroxyl groups is 4. The highest BCUT2D eigenvalue weighted by Gasteiger charge is 2.54. The minimum atomic E-state index is -2.89. The fraction of sp³-hybridized carbons (Fsp3) is 0.733. The van der Waals surface area contributed by atoms with Gasteiger partial charge in [-0.2, -0.15) is 0 Å². The van der Waals surface area contributed by atoms with Crippen LogP contribution in [0.1, 0.15) is 20.3 Å². The Bertz CT molecular complexity index is 613. The Labute approximate surface area is 159 Å². The summed E-state index contributed by atoms with van der Waals surface area (Å²) < 4.78 is 9.80. The zero-order valence-corrected chi connectivity index (χ0v) is 15.2. The predicted octanol–water partition coefficient (Wildman–Crippen LogP) is -4.18. The maximum absolute atomic E-state index is 11.6. The van der Waals surface area contributed by atoms with Gasteiger partial charge in [-0.1, -0.05) is 0 Å². The van der Waals surface area contributed by atoms with Crippen LogP contribution in [0.15, 0.2) is 0 Å². The number of aliphatic hydroxyl groups excluding tert-OH is 3. The molecular formula is C15H24N2O11. The standard InChI is InChI=1S/C15H24N2O11/c1-6(19)16-12(9(22)5-27-7(2)20)13-11(17-10(23)4-18)8(21)3-15(26,28-13)14(24)25/h8-9,11-13,18,21-22,26H,3-5H2,1-2H3,(H,16,19)(H,17,23)(H,24,25)/t8-,9+,11+,12+,13+,15?/m0/s1. The summed E-state index contributed by atoms with van der Waals surface area (Å²) in [5.41, 5.74) is 0. The molecule has 0 aromatic rings. The molecule has 0 radical (unpaired) electrons. The molecule has 13 nitrogen and oxygen atoms in total. The van der Waals surface area contributed by atoms with Crippen molar-refractivity contribution in [1.29, 1.82) is 0 Å². The molecule has 0 aromatic heterocycles. The van der Waals surface area contributed by atoms with Gasteiger partial charge in [-0.25, -0.2) is 4.79 Å². The first kappa shape index (κ1) is 23.7. The van der Waals surface area contributed by atoms with E-state index in [9.17, 15) is 39.6 Å². The van der Waals surface area contributed by atoms with E-state index in [4.69, 9.17) is 9.84 Å². The first-order valence-electron chi connectivity index (χ1n) is 8.21. The summed E-state index contributed by atoms with van der Waals surface area (Å²) in [6.07, 6.45) is -5.86. The van der Waals surface area contributed by atoms with Crippen molar-refractivity contribution in [3.8, 4) is 0 Å². The highest BCUT2D eigenvalue weighted by atomic mass is 16.7. The molecule has 1 unspecified atom stereocenters. The zero-order valence-electron chi connectivity index (χ0n) is 15.2. The topological polar surface area (TPSA) is 212 Å². The Balaban J connectivity index is 3.27. The molecule has 2 amide bonds. The molecule has 1 aliphatic heterocycles. The number of carboxylic acid groups (broad SMARTS) is 1. The number of hydrogen-bond donors (Lipinski definition) is 7. The van der Waals surface area contributed by atoms with Gasteiger partial charge in [0, 0.05) is 20.3 Å². The number of carbonyl (C=O) groups is 4. The van der Waals surface area contributed by atoms with Crippen molar-refractivity contribution in [2.45, 2.75) is 56.5 Å². The Morgan fingerprint density at radius 3 is 2.36 bits per heavy atom. The Morgan fingerprint density at radius 2 is 1.89 bits per heavy atom. The number of aliphatic carboxylic acids is 1. The summed E-state index contributed by atoms with van der Waals surface area (Å²) in [4.78, 5) is 45.4. The smallest absolute Gasteiger partial charge is 0.364 e. The van der Waals surface area contributed by atoms with Crippen molar-refractivity contribution in [2.24, 2.45) is 0 Å². The van der Waals surface area contributed by atoms with Crippen LogP contribution in [0, 0.1) is 0 Å². The summed E-state index contributed by atoms with van der Waals surface area (Å²) in [7, 11) is 0. The van der Waals surface area contributed by atoms with Crippen LogP contribution in [0.5, 0.6) is 0 Å². The van der Waals surface area contributed by atoms with Crippen molar-refractivity contribution in [3.05, 3.63) is 0 Å². The van der Waals surface area contributed by atoms with Gasteiger partial charge in [-0.05, 0) is 0 Å². The van der Waals surface area contributed by atoms with E-state index in [0.717, 1.165) is 13.8 Å². The Morgan fingerprint density at radius 1 is 1.29 bits per heavy atom. The van der Waals surface area contributed by atoms with Crippen LogP contribution < -0.4 is 10.6 Å². The number of rotatable bonds is 8. The van der Waals surface area contributed by atoms with Gasteiger partial charge in [-0.3, -0.25) is 14.4 Å². The van der Waals surface area contributed by atoms with Crippen LogP contribution in [0.3, 0.4) is 0 Å². The second-order valence-electron chi connectivity index (χ2n) is 6.29. The van der Waals surface area contributed by atoms with Gasteiger partial charge in [0.25, 0.3) is 5.79 Å². The third kappa shape index (κ3) is 6.10. The SMILES string of the molecule is CC(=O)N[C@@H]([C@@H]1OC(O)(C(=O)O)C[C@H](O)[C@H]1NC(=O)CO)[C@H](O)COC(C)=O. The van der Waals surface area contributed by atoms with Crippen molar-refractivity contribution in [1.82, 2.24) is 10.6 Å². The number of carbonyl (C=O) groups excluding carboxylic acids is 3. The lowest BCUT2D eigenvalue weighted by Gasteiger charge is -2.46. The van der Waals surface area contributed by atoms with Gasteiger partial charge in [0.1, 0.15) is 25.4 Å². The summed E-state index contributed by atoms with van der Waals surface area (Å²) in [5.74, 6) is -7.16. The molecule has 1 saturated heterocycles. The molecule has 160 valence electrons. The molecule has 1 heterocycles. The van der Waals surface area contributed by atoms with Crippen molar-refractivity contribution in [2.75, 3.05) is 13.2 Å². The average Bonchev–Trinajstić information content (AvgIpc) is 2.59. The minimum absolute atomic E-state index is 0.637. The van der Waals surface area contributed by atoms with E-state index in [2.05, 4.69) is 15.4 Å². The normalized spacial score (nSPS) is 29.3. The molecule has 7 N–H and O–H groups in total. The van der Waals surface area contributed by atoms with Gasteiger partial charge in [0.15, 0.2) is 0 Å². The van der Waals surface area contributed by atoms with E-state index in [1.807, 2.05) is 0 Å². The molecule has 6 atom stereocenters. The Kier molecular flexibility index (Phi) is 8.26. The van der Waals surface area contributed by atoms with Gasteiger partial charge >= 0.3 is 11.9 Å². The van der Waals surface area contributed by atoms with Gasteiger partial charge in [-0.15, -0.1) is 0 Å². The second-order valence-corrected chi connectivity index (χ2v) is 6.29. The van der Waals surface area contributed by atoms with Crippen LogP contribution in [-0.2, 0) is 28.7 Å². The minimum Gasteiger partial charge on any atom is -0.477 e. The molecule has 0 aliphatic carbocycles. The lowest BCUT2D eigenvalue weighted by atomic mass is 9.87. The molecule has 0 saturated carbocycles. The fourth-order valence-corrected chi connectivity index (χ4v) is 2.76. The van der Waals surface area contributed by atoms with E-state index in [1.165, 1.54) is 0 Å². The third-order valence-corrected chi connectivity index (χ3v) is 3.99. The third-order valence-electron chi connectivity index (χ3n) is 3.99. The van der Waals surface area contributed by atoms with Gasteiger partial charge in [0.2, 0.25) is 11.8 Å².